The molecule has 1 heterocycles. The van der Waals surface area contributed by atoms with E-state index in [-0.39, 0.29) is 28.1 Å². The van der Waals surface area contributed by atoms with Gasteiger partial charge in [0.1, 0.15) is 11.9 Å². The predicted octanol–water partition coefficient (Wildman–Crippen LogP) is 2.29. The van der Waals surface area contributed by atoms with Crippen LogP contribution in [-0.2, 0) is 4.79 Å². The SMILES string of the molecule is O=C(O)[C@H]1C[C@@H](O)CN1C(=O)Nc1c(Cl)cc(F)cc1Br. The summed E-state index contributed by atoms with van der Waals surface area (Å²) >= 11 is 8.91. The summed E-state index contributed by atoms with van der Waals surface area (Å²) in [5.74, 6) is -1.78. The first-order chi connectivity index (χ1) is 9.79. The van der Waals surface area contributed by atoms with Gasteiger partial charge in [-0.15, -0.1) is 0 Å². The summed E-state index contributed by atoms with van der Waals surface area (Å²) < 4.78 is 13.3. The van der Waals surface area contributed by atoms with E-state index >= 15 is 0 Å². The van der Waals surface area contributed by atoms with Gasteiger partial charge in [0.15, 0.2) is 0 Å². The second-order valence-electron chi connectivity index (χ2n) is 4.57. The molecule has 1 fully saturated rings. The Bertz CT molecular complexity index is 578. The first-order valence-electron chi connectivity index (χ1n) is 5.92. The van der Waals surface area contributed by atoms with Crippen LogP contribution in [0.4, 0.5) is 14.9 Å². The second-order valence-corrected chi connectivity index (χ2v) is 5.83. The summed E-state index contributed by atoms with van der Waals surface area (Å²) in [6.45, 7) is -0.0980. The lowest BCUT2D eigenvalue weighted by molar-refractivity contribution is -0.141. The first-order valence-corrected chi connectivity index (χ1v) is 7.09. The fourth-order valence-corrected chi connectivity index (χ4v) is 3.01. The normalized spacial score (nSPS) is 21.4. The molecule has 0 radical (unpaired) electrons. The first kappa shape index (κ1) is 16.0. The van der Waals surface area contributed by atoms with Gasteiger partial charge in [0, 0.05) is 17.4 Å². The number of anilines is 1. The Kier molecular flexibility index (Phi) is 4.70. The van der Waals surface area contributed by atoms with Crippen molar-refractivity contribution in [2.75, 3.05) is 11.9 Å². The Labute approximate surface area is 132 Å². The van der Waals surface area contributed by atoms with Gasteiger partial charge in [-0.2, -0.15) is 0 Å². The summed E-state index contributed by atoms with van der Waals surface area (Å²) in [5, 5.41) is 20.9. The van der Waals surface area contributed by atoms with Gasteiger partial charge in [-0.1, -0.05) is 11.6 Å². The van der Waals surface area contributed by atoms with Crippen molar-refractivity contribution in [3.05, 3.63) is 27.4 Å². The van der Waals surface area contributed by atoms with E-state index in [9.17, 15) is 19.1 Å². The quantitative estimate of drug-likeness (QED) is 0.733. The van der Waals surface area contributed by atoms with Crippen molar-refractivity contribution in [2.24, 2.45) is 0 Å². The zero-order valence-corrected chi connectivity index (χ0v) is 12.9. The standard InChI is InChI=1S/C12H11BrClFN2O4/c13-7-1-5(15)2-8(14)10(7)16-12(21)17-4-6(18)3-9(17)11(19)20/h1-2,6,9,18H,3-4H2,(H,16,21)(H,19,20)/t6-,9-/m1/s1. The minimum atomic E-state index is -1.20. The molecule has 2 rings (SSSR count). The molecule has 3 N–H and O–H groups in total. The van der Waals surface area contributed by atoms with Crippen molar-refractivity contribution >= 4 is 45.2 Å². The van der Waals surface area contributed by atoms with E-state index in [1.807, 2.05) is 0 Å². The van der Waals surface area contributed by atoms with Crippen LogP contribution in [0.25, 0.3) is 0 Å². The van der Waals surface area contributed by atoms with Crippen LogP contribution in [-0.4, -0.2) is 45.8 Å². The number of urea groups is 1. The number of aliphatic hydroxyl groups excluding tert-OH is 1. The van der Waals surface area contributed by atoms with Gasteiger partial charge < -0.3 is 20.4 Å². The highest BCUT2D eigenvalue weighted by Gasteiger charge is 2.39. The number of nitrogens with one attached hydrogen (secondary N) is 1. The number of rotatable bonds is 2. The number of carbonyl (C=O) groups excluding carboxylic acids is 1. The number of nitrogens with zero attached hydrogens (tertiary/aromatic N) is 1. The third kappa shape index (κ3) is 3.45. The number of aliphatic hydroxyl groups is 1. The Balaban J connectivity index is 2.20. The fraction of sp³-hybridized carbons (Fsp3) is 0.333. The van der Waals surface area contributed by atoms with Crippen LogP contribution in [0.1, 0.15) is 6.42 Å². The van der Waals surface area contributed by atoms with Crippen molar-refractivity contribution in [3.63, 3.8) is 0 Å². The molecule has 2 atom stereocenters. The van der Waals surface area contributed by atoms with Crippen molar-refractivity contribution in [1.82, 2.24) is 4.90 Å². The number of hydrogen-bond donors (Lipinski definition) is 3. The molecule has 6 nitrogen and oxygen atoms in total. The highest BCUT2D eigenvalue weighted by atomic mass is 79.9. The van der Waals surface area contributed by atoms with E-state index in [1.165, 1.54) is 0 Å². The van der Waals surface area contributed by atoms with Crippen LogP contribution in [0.5, 0.6) is 0 Å². The molecule has 1 aromatic rings. The average Bonchev–Trinajstić information content (AvgIpc) is 2.76. The minimum absolute atomic E-state index is 0.0261. The van der Waals surface area contributed by atoms with E-state index in [1.54, 1.807) is 0 Å². The molecular formula is C12H11BrClFN2O4. The molecule has 21 heavy (non-hydrogen) atoms. The number of likely N-dealkylation sites (tertiary alicyclic amines) is 1. The monoisotopic (exact) mass is 380 g/mol. The Morgan fingerprint density at radius 3 is 2.71 bits per heavy atom. The highest BCUT2D eigenvalue weighted by molar-refractivity contribution is 9.10. The number of amides is 2. The molecule has 114 valence electrons. The number of carboxylic acids is 1. The number of hydrogen-bond acceptors (Lipinski definition) is 3. The average molecular weight is 382 g/mol. The minimum Gasteiger partial charge on any atom is -0.480 e. The molecule has 1 saturated heterocycles. The van der Waals surface area contributed by atoms with Crippen LogP contribution < -0.4 is 5.32 Å². The molecule has 0 saturated carbocycles. The lowest BCUT2D eigenvalue weighted by atomic mass is 10.2. The van der Waals surface area contributed by atoms with Gasteiger partial charge in [0.2, 0.25) is 0 Å². The lowest BCUT2D eigenvalue weighted by Crippen LogP contribution is -2.43. The number of benzene rings is 1. The summed E-state index contributed by atoms with van der Waals surface area (Å²) in [6, 6.07) is 0.302. The molecule has 0 bridgehead atoms. The summed E-state index contributed by atoms with van der Waals surface area (Å²) in [4.78, 5) is 24.2. The van der Waals surface area contributed by atoms with Crippen molar-refractivity contribution in [1.29, 1.82) is 0 Å². The van der Waals surface area contributed by atoms with Crippen LogP contribution in [0.3, 0.4) is 0 Å². The van der Waals surface area contributed by atoms with Crippen LogP contribution in [0.15, 0.2) is 16.6 Å². The molecular weight excluding hydrogens is 370 g/mol. The van der Waals surface area contributed by atoms with Crippen molar-refractivity contribution < 1.29 is 24.2 Å². The van der Waals surface area contributed by atoms with E-state index in [0.29, 0.717) is 0 Å². The van der Waals surface area contributed by atoms with Gasteiger partial charge in [-0.25, -0.2) is 14.0 Å². The van der Waals surface area contributed by atoms with Crippen molar-refractivity contribution in [3.8, 4) is 0 Å². The zero-order valence-electron chi connectivity index (χ0n) is 10.5. The topological polar surface area (TPSA) is 89.9 Å². The molecule has 0 aromatic heterocycles. The fourth-order valence-electron chi connectivity index (χ4n) is 2.11. The summed E-state index contributed by atoms with van der Waals surface area (Å²) in [5.41, 5.74) is 0.133. The van der Waals surface area contributed by atoms with Gasteiger partial charge in [0.05, 0.1) is 16.8 Å². The van der Waals surface area contributed by atoms with E-state index in [2.05, 4.69) is 21.2 Å². The van der Waals surface area contributed by atoms with Crippen LogP contribution >= 0.6 is 27.5 Å². The predicted molar refractivity (Wildman–Crippen MR) is 76.9 cm³/mol. The van der Waals surface area contributed by atoms with Gasteiger partial charge in [-0.05, 0) is 28.1 Å². The summed E-state index contributed by atoms with van der Waals surface area (Å²) in [6.07, 6.45) is -0.940. The maximum absolute atomic E-state index is 13.1. The number of carbonyl (C=O) groups is 2. The maximum atomic E-state index is 13.1. The molecule has 1 aromatic carbocycles. The Morgan fingerprint density at radius 2 is 2.14 bits per heavy atom. The highest BCUT2D eigenvalue weighted by Crippen LogP contribution is 2.32. The maximum Gasteiger partial charge on any atom is 0.326 e. The Morgan fingerprint density at radius 1 is 1.48 bits per heavy atom. The lowest BCUT2D eigenvalue weighted by Gasteiger charge is -2.22. The largest absolute Gasteiger partial charge is 0.480 e. The number of β-amino-alcohol motifs (C(OH)–C–C–N with tert-alkyl or cyclic N) is 1. The van der Waals surface area contributed by atoms with Gasteiger partial charge in [0.25, 0.3) is 0 Å². The molecule has 9 heteroatoms. The van der Waals surface area contributed by atoms with Crippen LogP contribution in [0.2, 0.25) is 5.02 Å². The molecule has 2 amide bonds. The molecule has 0 spiro atoms. The number of halogens is 3. The third-order valence-corrected chi connectivity index (χ3v) is 3.99. The summed E-state index contributed by atoms with van der Waals surface area (Å²) in [7, 11) is 0. The van der Waals surface area contributed by atoms with Crippen molar-refractivity contribution in [2.45, 2.75) is 18.6 Å². The number of aliphatic carboxylic acids is 1. The molecule has 1 aliphatic rings. The molecule has 1 aliphatic heterocycles. The van der Waals surface area contributed by atoms with E-state index in [4.69, 9.17) is 16.7 Å². The number of carboxylic acid groups (broad SMARTS) is 1. The van der Waals surface area contributed by atoms with E-state index in [0.717, 1.165) is 17.0 Å². The van der Waals surface area contributed by atoms with Gasteiger partial charge >= 0.3 is 12.0 Å². The van der Waals surface area contributed by atoms with Crippen LogP contribution in [0, 0.1) is 5.82 Å². The Hall–Kier alpha value is -1.38. The van der Waals surface area contributed by atoms with E-state index < -0.39 is 30.0 Å². The smallest absolute Gasteiger partial charge is 0.326 e. The molecule has 0 aliphatic carbocycles. The van der Waals surface area contributed by atoms with Gasteiger partial charge in [-0.3, -0.25) is 0 Å². The second kappa shape index (κ2) is 6.17. The zero-order chi connectivity index (χ0) is 15.7. The molecule has 0 unspecified atom stereocenters. The third-order valence-electron chi connectivity index (χ3n) is 3.06.